The van der Waals surface area contributed by atoms with Crippen LogP contribution in [0.4, 0.5) is 0 Å². The molecule has 0 amide bonds. The van der Waals surface area contributed by atoms with Crippen LogP contribution in [0.5, 0.6) is 0 Å². The van der Waals surface area contributed by atoms with Gasteiger partial charge in [-0.3, -0.25) is 0 Å². The van der Waals surface area contributed by atoms with Gasteiger partial charge in [-0.05, 0) is 34.0 Å². The maximum Gasteiger partial charge on any atom is 0.191 e. The Morgan fingerprint density at radius 3 is 2.74 bits per heavy atom. The molecule has 108 valence electrons. The fourth-order valence-electron chi connectivity index (χ4n) is 1.34. The van der Waals surface area contributed by atoms with Crippen LogP contribution in [-0.4, -0.2) is 35.0 Å². The van der Waals surface area contributed by atoms with Gasteiger partial charge in [-0.2, -0.15) is 11.8 Å². The fraction of sp³-hybridized carbons (Fsp3) is 0.692. The minimum absolute atomic E-state index is 0.205. The Morgan fingerprint density at radius 1 is 1.47 bits per heavy atom. The molecule has 0 unspecified atom stereocenters. The van der Waals surface area contributed by atoms with E-state index in [9.17, 15) is 0 Å². The third-order valence-electron chi connectivity index (χ3n) is 2.80. The topological polar surface area (TPSA) is 49.3 Å². The number of hydrogen-bond donors (Lipinski definition) is 2. The lowest BCUT2D eigenvalue weighted by atomic mass is 10.2. The van der Waals surface area contributed by atoms with Crippen molar-refractivity contribution in [3.8, 4) is 0 Å². The first-order chi connectivity index (χ1) is 8.98. The van der Waals surface area contributed by atoms with Crippen molar-refractivity contribution in [2.75, 3.05) is 19.3 Å². The molecule has 0 atom stereocenters. The normalized spacial score (nSPS) is 12.6. The Bertz CT molecular complexity index is 413. The molecule has 1 heterocycles. The minimum atomic E-state index is 0.205. The van der Waals surface area contributed by atoms with Crippen LogP contribution in [0.15, 0.2) is 10.5 Å². The van der Waals surface area contributed by atoms with E-state index in [1.807, 2.05) is 24.2 Å². The average molecular weight is 300 g/mol. The smallest absolute Gasteiger partial charge is 0.191 e. The molecular formula is C13H24N4S2. The molecule has 0 aromatic carbocycles. The zero-order valence-corrected chi connectivity index (χ0v) is 14.0. The van der Waals surface area contributed by atoms with Crippen LogP contribution in [-0.2, 0) is 6.54 Å². The maximum absolute atomic E-state index is 4.61. The number of aliphatic imine (C=N–C) groups is 1. The number of aromatic nitrogens is 1. The molecule has 0 spiro atoms. The van der Waals surface area contributed by atoms with Gasteiger partial charge in [0.1, 0.15) is 0 Å². The minimum Gasteiger partial charge on any atom is -0.357 e. The van der Waals surface area contributed by atoms with E-state index < -0.39 is 0 Å². The molecule has 0 aliphatic rings. The number of nitrogens with zero attached hydrogens (tertiary/aromatic N) is 2. The molecule has 6 heteroatoms. The van der Waals surface area contributed by atoms with Crippen LogP contribution in [0.3, 0.4) is 0 Å². The third-order valence-corrected chi connectivity index (χ3v) is 4.97. The molecule has 19 heavy (non-hydrogen) atoms. The summed E-state index contributed by atoms with van der Waals surface area (Å²) in [6.07, 6.45) is 2.13. The first kappa shape index (κ1) is 16.3. The van der Waals surface area contributed by atoms with E-state index in [-0.39, 0.29) is 4.75 Å². The molecule has 0 aliphatic carbocycles. The van der Waals surface area contributed by atoms with Crippen LogP contribution < -0.4 is 10.6 Å². The summed E-state index contributed by atoms with van der Waals surface area (Å²) in [4.78, 5) is 10.1. The Labute approximate surface area is 124 Å². The second kappa shape index (κ2) is 7.75. The Kier molecular flexibility index (Phi) is 6.65. The van der Waals surface area contributed by atoms with E-state index in [4.69, 9.17) is 0 Å². The van der Waals surface area contributed by atoms with Crippen molar-refractivity contribution in [3.63, 3.8) is 0 Å². The highest BCUT2D eigenvalue weighted by atomic mass is 32.2. The fourth-order valence-corrected chi connectivity index (χ4v) is 2.26. The number of thioether (sulfide) groups is 1. The van der Waals surface area contributed by atoms with Crippen molar-refractivity contribution in [2.24, 2.45) is 4.99 Å². The van der Waals surface area contributed by atoms with Gasteiger partial charge in [0.05, 0.1) is 17.7 Å². The number of aryl methyl sites for hydroxylation is 1. The van der Waals surface area contributed by atoms with E-state index >= 15 is 0 Å². The van der Waals surface area contributed by atoms with Gasteiger partial charge >= 0.3 is 0 Å². The summed E-state index contributed by atoms with van der Waals surface area (Å²) in [6, 6.07) is 0. The van der Waals surface area contributed by atoms with Crippen molar-refractivity contribution < 1.29 is 0 Å². The zero-order chi connectivity index (χ0) is 14.3. The summed E-state index contributed by atoms with van der Waals surface area (Å²) >= 11 is 3.51. The van der Waals surface area contributed by atoms with Gasteiger partial charge < -0.3 is 10.6 Å². The number of hydrogen-bond acceptors (Lipinski definition) is 4. The predicted molar refractivity (Wildman–Crippen MR) is 87.3 cm³/mol. The number of rotatable bonds is 6. The van der Waals surface area contributed by atoms with Crippen molar-refractivity contribution in [3.05, 3.63) is 16.1 Å². The van der Waals surface area contributed by atoms with E-state index in [0.29, 0.717) is 6.54 Å². The van der Waals surface area contributed by atoms with E-state index in [1.54, 1.807) is 11.3 Å². The zero-order valence-electron chi connectivity index (χ0n) is 12.4. The summed E-state index contributed by atoms with van der Waals surface area (Å²) in [5, 5.41) is 6.67. The lowest BCUT2D eigenvalue weighted by Crippen LogP contribution is -2.43. The molecule has 0 bridgehead atoms. The molecule has 0 saturated heterocycles. The summed E-state index contributed by atoms with van der Waals surface area (Å²) in [5.74, 6) is 0.873. The molecule has 0 radical (unpaired) electrons. The molecule has 0 saturated carbocycles. The molecule has 4 nitrogen and oxygen atoms in total. The van der Waals surface area contributed by atoms with E-state index in [2.05, 4.69) is 47.6 Å². The number of nitrogens with one attached hydrogen (secondary N) is 2. The van der Waals surface area contributed by atoms with Crippen LogP contribution in [0.2, 0.25) is 0 Å². The van der Waals surface area contributed by atoms with E-state index in [1.165, 1.54) is 4.88 Å². The van der Waals surface area contributed by atoms with Crippen LogP contribution >= 0.6 is 23.1 Å². The van der Waals surface area contributed by atoms with Crippen molar-refractivity contribution in [1.29, 1.82) is 0 Å². The molecule has 0 fully saturated rings. The van der Waals surface area contributed by atoms with Gasteiger partial charge in [0.15, 0.2) is 5.96 Å². The predicted octanol–water partition coefficient (Wildman–Crippen LogP) is 2.65. The second-order valence-electron chi connectivity index (χ2n) is 4.87. The first-order valence-electron chi connectivity index (χ1n) is 6.45. The highest BCUT2D eigenvalue weighted by Crippen LogP contribution is 2.19. The van der Waals surface area contributed by atoms with Gasteiger partial charge in [-0.25, -0.2) is 9.98 Å². The van der Waals surface area contributed by atoms with Gasteiger partial charge in [-0.1, -0.05) is 0 Å². The molecule has 1 aromatic heterocycles. The quantitative estimate of drug-likeness (QED) is 0.626. The molecule has 1 aromatic rings. The van der Waals surface area contributed by atoms with E-state index in [0.717, 1.165) is 24.7 Å². The highest BCUT2D eigenvalue weighted by molar-refractivity contribution is 7.99. The maximum atomic E-state index is 4.61. The molecule has 0 aliphatic heterocycles. The summed E-state index contributed by atoms with van der Waals surface area (Å²) in [5.41, 5.74) is 2.95. The van der Waals surface area contributed by atoms with Crippen molar-refractivity contribution in [1.82, 2.24) is 15.6 Å². The van der Waals surface area contributed by atoms with Crippen LogP contribution in [0.25, 0.3) is 0 Å². The Morgan fingerprint density at radius 2 is 2.21 bits per heavy atom. The Balaban J connectivity index is 2.59. The van der Waals surface area contributed by atoms with Crippen molar-refractivity contribution in [2.45, 2.75) is 39.0 Å². The third kappa shape index (κ3) is 5.82. The second-order valence-corrected chi connectivity index (χ2v) is 7.33. The summed E-state index contributed by atoms with van der Waals surface area (Å²) in [6.45, 7) is 11.0. The van der Waals surface area contributed by atoms with Gasteiger partial charge in [0.2, 0.25) is 0 Å². The molecular weight excluding hydrogens is 276 g/mol. The number of thiazole rings is 1. The Hall–Kier alpha value is -0.750. The lowest BCUT2D eigenvalue weighted by molar-refractivity contribution is 0.665. The van der Waals surface area contributed by atoms with Crippen LogP contribution in [0, 0.1) is 6.92 Å². The largest absolute Gasteiger partial charge is 0.357 e. The first-order valence-corrected chi connectivity index (χ1v) is 8.55. The monoisotopic (exact) mass is 300 g/mol. The molecule has 1 rings (SSSR count). The number of guanidine groups is 1. The van der Waals surface area contributed by atoms with Crippen LogP contribution in [0.1, 0.15) is 31.3 Å². The summed E-state index contributed by atoms with van der Waals surface area (Å²) < 4.78 is 0.205. The molecule has 2 N–H and O–H groups in total. The SMILES string of the molecule is CCNC(=NCc1scnc1C)NCC(C)(C)SC. The van der Waals surface area contributed by atoms with Gasteiger partial charge in [-0.15, -0.1) is 11.3 Å². The van der Waals surface area contributed by atoms with Crippen molar-refractivity contribution >= 4 is 29.1 Å². The summed E-state index contributed by atoms with van der Waals surface area (Å²) in [7, 11) is 0. The highest BCUT2D eigenvalue weighted by Gasteiger charge is 2.16. The standard InChI is InChI=1S/C13H24N4S2/c1-6-14-12(16-8-13(3,4)18-5)15-7-11-10(2)17-9-19-11/h9H,6-8H2,1-5H3,(H2,14,15,16). The lowest BCUT2D eigenvalue weighted by Gasteiger charge is -2.23. The average Bonchev–Trinajstić information content (AvgIpc) is 2.78. The van der Waals surface area contributed by atoms with Gasteiger partial charge in [0.25, 0.3) is 0 Å². The van der Waals surface area contributed by atoms with Gasteiger partial charge in [0, 0.05) is 22.7 Å².